The van der Waals surface area contributed by atoms with Crippen molar-refractivity contribution in [3.63, 3.8) is 0 Å². The van der Waals surface area contributed by atoms with E-state index in [0.29, 0.717) is 22.6 Å². The molecule has 0 N–H and O–H groups in total. The van der Waals surface area contributed by atoms with E-state index < -0.39 is 32.9 Å². The van der Waals surface area contributed by atoms with E-state index in [9.17, 15) is 22.0 Å². The second-order valence-corrected chi connectivity index (χ2v) is 9.16. The molecular formula is C22H16ClF2NO4S. The second-order valence-electron chi connectivity index (χ2n) is 6.97. The molecule has 1 aliphatic heterocycles. The van der Waals surface area contributed by atoms with Gasteiger partial charge >= 0.3 is 0 Å². The van der Waals surface area contributed by atoms with Crippen molar-refractivity contribution >= 4 is 32.6 Å². The molecule has 5 nitrogen and oxygen atoms in total. The van der Waals surface area contributed by atoms with Crippen molar-refractivity contribution in [1.29, 1.82) is 0 Å². The molecule has 4 rings (SSSR count). The van der Waals surface area contributed by atoms with Gasteiger partial charge in [-0.05, 0) is 65.2 Å². The Bertz CT molecular complexity index is 1280. The monoisotopic (exact) mass is 463 g/mol. The molecule has 0 bridgehead atoms. The van der Waals surface area contributed by atoms with Gasteiger partial charge in [0.25, 0.3) is 10.0 Å². The molecule has 3 aromatic rings. The van der Waals surface area contributed by atoms with Gasteiger partial charge in [-0.3, -0.25) is 9.10 Å². The lowest BCUT2D eigenvalue weighted by Gasteiger charge is -2.24. The van der Waals surface area contributed by atoms with Gasteiger partial charge in [0.1, 0.15) is 23.4 Å². The van der Waals surface area contributed by atoms with Gasteiger partial charge in [-0.15, -0.1) is 0 Å². The van der Waals surface area contributed by atoms with Crippen LogP contribution < -0.4 is 9.04 Å². The lowest BCUT2D eigenvalue weighted by molar-refractivity contribution is -0.112. The highest BCUT2D eigenvalue weighted by Crippen LogP contribution is 2.39. The maximum atomic E-state index is 14.1. The zero-order valence-electron chi connectivity index (χ0n) is 16.2. The van der Waals surface area contributed by atoms with Gasteiger partial charge in [0, 0.05) is 18.1 Å². The number of fused-ring (bicyclic) bond motifs is 1. The van der Waals surface area contributed by atoms with Crippen molar-refractivity contribution in [1.82, 2.24) is 0 Å². The average Bonchev–Trinajstić information content (AvgIpc) is 3.14. The number of nitrogens with zero attached hydrogens (tertiary/aromatic N) is 1. The summed E-state index contributed by atoms with van der Waals surface area (Å²) in [5.74, 6) is -0.933. The van der Waals surface area contributed by atoms with Crippen molar-refractivity contribution in [3.8, 4) is 16.9 Å². The molecule has 160 valence electrons. The standard InChI is InChI=1S/C22H16ClF2NO4S/c1-30-16-5-9-20-14(10-16)11-21(22(23)27)26(20)31(28,29)17-6-2-13(3-7-17)18-8-4-15(24)12-19(18)25/h2-10,12,21H,11H2,1H3. The van der Waals surface area contributed by atoms with Gasteiger partial charge in [0.15, 0.2) is 0 Å². The zero-order valence-corrected chi connectivity index (χ0v) is 17.8. The van der Waals surface area contributed by atoms with Crippen molar-refractivity contribution in [3.05, 3.63) is 77.9 Å². The van der Waals surface area contributed by atoms with Crippen LogP contribution in [0, 0.1) is 11.6 Å². The van der Waals surface area contributed by atoms with Crippen molar-refractivity contribution in [2.24, 2.45) is 0 Å². The third-order valence-electron chi connectivity index (χ3n) is 5.14. The van der Waals surface area contributed by atoms with Crippen LogP contribution in [0.5, 0.6) is 5.75 Å². The highest BCUT2D eigenvalue weighted by Gasteiger charge is 2.41. The molecule has 9 heteroatoms. The first kappa shape index (κ1) is 21.3. The number of sulfonamides is 1. The van der Waals surface area contributed by atoms with E-state index in [4.69, 9.17) is 16.3 Å². The van der Waals surface area contributed by atoms with Crippen LogP contribution in [0.25, 0.3) is 11.1 Å². The van der Waals surface area contributed by atoms with Gasteiger partial charge in [-0.1, -0.05) is 12.1 Å². The fourth-order valence-electron chi connectivity index (χ4n) is 3.64. The third kappa shape index (κ3) is 3.77. The lowest BCUT2D eigenvalue weighted by atomic mass is 10.1. The molecule has 0 spiro atoms. The summed E-state index contributed by atoms with van der Waals surface area (Å²) >= 11 is 5.72. The number of carbonyl (C=O) groups is 1. The first-order valence-electron chi connectivity index (χ1n) is 9.18. The molecule has 0 aromatic heterocycles. The van der Waals surface area contributed by atoms with Crippen molar-refractivity contribution < 1.29 is 26.7 Å². The average molecular weight is 464 g/mol. The molecule has 0 amide bonds. The normalized spacial score (nSPS) is 15.6. The van der Waals surface area contributed by atoms with Gasteiger partial charge in [0.2, 0.25) is 5.24 Å². The molecule has 0 aliphatic carbocycles. The highest BCUT2D eigenvalue weighted by molar-refractivity contribution is 7.93. The first-order chi connectivity index (χ1) is 14.7. The first-order valence-corrected chi connectivity index (χ1v) is 11.0. The Kier molecular flexibility index (Phi) is 5.45. The number of hydrogen-bond donors (Lipinski definition) is 0. The predicted molar refractivity (Wildman–Crippen MR) is 113 cm³/mol. The van der Waals surface area contributed by atoms with Crippen LogP contribution in [0.1, 0.15) is 5.56 Å². The SMILES string of the molecule is COc1ccc2c(c1)CC(C(=O)Cl)N2S(=O)(=O)c1ccc(-c2ccc(F)cc2F)cc1. The lowest BCUT2D eigenvalue weighted by Crippen LogP contribution is -2.41. The summed E-state index contributed by atoms with van der Waals surface area (Å²) < 4.78 is 60.2. The summed E-state index contributed by atoms with van der Waals surface area (Å²) in [4.78, 5) is 11.9. The fraction of sp³-hybridized carbons (Fsp3) is 0.136. The summed E-state index contributed by atoms with van der Waals surface area (Å²) in [7, 11) is -2.66. The van der Waals surface area contributed by atoms with Crippen LogP contribution in [0.4, 0.5) is 14.5 Å². The van der Waals surface area contributed by atoms with Crippen molar-refractivity contribution in [2.75, 3.05) is 11.4 Å². The van der Waals surface area contributed by atoms with Crippen LogP contribution in [0.3, 0.4) is 0 Å². The maximum absolute atomic E-state index is 14.1. The summed E-state index contributed by atoms with van der Waals surface area (Å²) in [6.45, 7) is 0. The van der Waals surface area contributed by atoms with Crippen LogP contribution in [0.15, 0.2) is 65.6 Å². The van der Waals surface area contributed by atoms with E-state index in [1.54, 1.807) is 18.2 Å². The molecule has 1 atom stereocenters. The molecule has 1 unspecified atom stereocenters. The van der Waals surface area contributed by atoms with Crippen molar-refractivity contribution in [2.45, 2.75) is 17.4 Å². The van der Waals surface area contributed by atoms with Gasteiger partial charge < -0.3 is 4.74 Å². The summed E-state index contributed by atoms with van der Waals surface area (Å²) in [6, 6.07) is 12.4. The summed E-state index contributed by atoms with van der Waals surface area (Å²) in [5, 5.41) is -0.802. The highest BCUT2D eigenvalue weighted by atomic mass is 35.5. The Morgan fingerprint density at radius 3 is 2.39 bits per heavy atom. The number of ether oxygens (including phenoxy) is 1. The molecule has 0 saturated heterocycles. The number of methoxy groups -OCH3 is 1. The topological polar surface area (TPSA) is 63.7 Å². The molecule has 1 heterocycles. The molecule has 0 saturated carbocycles. The second kappa shape index (κ2) is 7.94. The van der Waals surface area contributed by atoms with Crippen LogP contribution in [0.2, 0.25) is 0 Å². The van der Waals surface area contributed by atoms with Crippen LogP contribution in [-0.2, 0) is 21.2 Å². The quantitative estimate of drug-likeness (QED) is 0.522. The minimum absolute atomic E-state index is 0.0923. The fourth-order valence-corrected chi connectivity index (χ4v) is 5.52. The van der Waals surface area contributed by atoms with Gasteiger partial charge in [0.05, 0.1) is 17.7 Å². The smallest absolute Gasteiger partial charge is 0.265 e. The minimum Gasteiger partial charge on any atom is -0.497 e. The van der Waals surface area contributed by atoms with E-state index in [1.807, 2.05) is 0 Å². The number of hydrogen-bond acceptors (Lipinski definition) is 4. The van der Waals surface area contributed by atoms with E-state index in [0.717, 1.165) is 16.4 Å². The maximum Gasteiger partial charge on any atom is 0.265 e. The Labute approximate surface area is 182 Å². The Hall–Kier alpha value is -2.97. The number of carbonyl (C=O) groups excluding carboxylic acids is 1. The van der Waals surface area contributed by atoms with E-state index in [1.165, 1.54) is 37.4 Å². The predicted octanol–water partition coefficient (Wildman–Crippen LogP) is 4.53. The zero-order chi connectivity index (χ0) is 22.3. The Morgan fingerprint density at radius 1 is 1.06 bits per heavy atom. The third-order valence-corrected chi connectivity index (χ3v) is 7.22. The summed E-state index contributed by atoms with van der Waals surface area (Å²) in [6.07, 6.45) is 0.118. The van der Waals surface area contributed by atoms with E-state index >= 15 is 0 Å². The Balaban J connectivity index is 1.74. The molecule has 31 heavy (non-hydrogen) atoms. The van der Waals surface area contributed by atoms with Gasteiger partial charge in [-0.2, -0.15) is 0 Å². The molecule has 0 radical (unpaired) electrons. The number of anilines is 1. The molecule has 3 aromatic carbocycles. The number of halogens is 3. The van der Waals surface area contributed by atoms with E-state index in [2.05, 4.69) is 0 Å². The number of rotatable bonds is 5. The van der Waals surface area contributed by atoms with Crippen LogP contribution >= 0.6 is 11.6 Å². The number of benzene rings is 3. The minimum atomic E-state index is -4.15. The van der Waals surface area contributed by atoms with E-state index in [-0.39, 0.29) is 16.9 Å². The molecule has 0 fully saturated rings. The Morgan fingerprint density at radius 2 is 1.77 bits per heavy atom. The molecule has 1 aliphatic rings. The van der Waals surface area contributed by atoms with Gasteiger partial charge in [-0.25, -0.2) is 17.2 Å². The summed E-state index contributed by atoms with van der Waals surface area (Å²) in [5.41, 5.74) is 1.48. The largest absolute Gasteiger partial charge is 0.497 e. The molecular weight excluding hydrogens is 448 g/mol. The van der Waals surface area contributed by atoms with Crippen LogP contribution in [-0.4, -0.2) is 26.8 Å².